The number of hydrogen-bond acceptors (Lipinski definition) is 8. The molecule has 0 atom stereocenters. The number of imidazole rings is 1. The molecule has 22 heavy (non-hydrogen) atoms. The minimum atomic E-state index is -0.256. The number of aromatic nitrogens is 5. The van der Waals surface area contributed by atoms with E-state index in [2.05, 4.69) is 30.2 Å². The number of hydrogen-bond donors (Lipinski definition) is 4. The van der Waals surface area contributed by atoms with Crippen molar-refractivity contribution in [1.82, 2.24) is 24.9 Å². The van der Waals surface area contributed by atoms with Gasteiger partial charge in [-0.3, -0.25) is 4.79 Å². The van der Waals surface area contributed by atoms with E-state index in [1.807, 2.05) is 0 Å². The molecule has 9 nitrogen and oxygen atoms in total. The molecule has 5 N–H and O–H groups in total. The van der Waals surface area contributed by atoms with E-state index in [-0.39, 0.29) is 23.4 Å². The van der Waals surface area contributed by atoms with E-state index in [0.29, 0.717) is 22.0 Å². The first-order valence-electron chi connectivity index (χ1n) is 6.16. The Morgan fingerprint density at radius 3 is 3.00 bits per heavy atom. The molecule has 0 spiro atoms. The lowest BCUT2D eigenvalue weighted by molar-refractivity contribution is -0.113. The minimum absolute atomic E-state index is 0.0328. The van der Waals surface area contributed by atoms with Crippen LogP contribution in [0.25, 0.3) is 11.2 Å². The number of amides is 1. The number of fused-ring (bicyclic) bond motifs is 1. The van der Waals surface area contributed by atoms with Crippen molar-refractivity contribution in [3.8, 4) is 5.75 Å². The highest BCUT2D eigenvalue weighted by Gasteiger charge is 2.11. The molecule has 3 aromatic heterocycles. The fourth-order valence-corrected chi connectivity index (χ4v) is 2.49. The number of aromatic amines is 1. The molecule has 0 aliphatic rings. The van der Waals surface area contributed by atoms with Crippen LogP contribution in [0.3, 0.4) is 0 Å². The third kappa shape index (κ3) is 3.06. The normalized spacial score (nSPS) is 10.7. The molecule has 3 rings (SSSR count). The van der Waals surface area contributed by atoms with Gasteiger partial charge in [0.25, 0.3) is 0 Å². The number of nitrogens with two attached hydrogens (primary N) is 1. The van der Waals surface area contributed by atoms with Gasteiger partial charge in [0, 0.05) is 0 Å². The number of nitrogen functional groups attached to an aromatic ring is 1. The molecule has 0 radical (unpaired) electrons. The van der Waals surface area contributed by atoms with E-state index in [0.717, 1.165) is 0 Å². The van der Waals surface area contributed by atoms with Crippen LogP contribution >= 0.6 is 11.8 Å². The molecule has 3 aromatic rings. The van der Waals surface area contributed by atoms with Crippen molar-refractivity contribution in [1.29, 1.82) is 0 Å². The highest BCUT2D eigenvalue weighted by Crippen LogP contribution is 2.23. The Kier molecular flexibility index (Phi) is 3.74. The number of carbonyl (C=O) groups excluding carboxylic acids is 1. The molecule has 1 amide bonds. The number of aromatic hydroxyl groups is 1. The summed E-state index contributed by atoms with van der Waals surface area (Å²) in [5.74, 6) is 0.353. The van der Waals surface area contributed by atoms with Gasteiger partial charge in [-0.05, 0) is 12.1 Å². The lowest BCUT2D eigenvalue weighted by atomic mass is 10.4. The van der Waals surface area contributed by atoms with Crippen molar-refractivity contribution in [2.45, 2.75) is 5.03 Å². The molecule has 0 saturated carbocycles. The van der Waals surface area contributed by atoms with Crippen molar-refractivity contribution in [3.05, 3.63) is 24.7 Å². The van der Waals surface area contributed by atoms with Crippen LogP contribution in [-0.2, 0) is 4.79 Å². The maximum atomic E-state index is 11.9. The summed E-state index contributed by atoms with van der Waals surface area (Å²) in [5.41, 5.74) is 6.69. The zero-order valence-electron chi connectivity index (χ0n) is 11.1. The Bertz CT molecular complexity index is 818. The zero-order valence-corrected chi connectivity index (χ0v) is 12.0. The summed E-state index contributed by atoms with van der Waals surface area (Å²) in [7, 11) is 0. The Labute approximate surface area is 128 Å². The Balaban J connectivity index is 1.67. The first-order valence-corrected chi connectivity index (χ1v) is 7.14. The summed E-state index contributed by atoms with van der Waals surface area (Å²) < 4.78 is 0. The van der Waals surface area contributed by atoms with E-state index < -0.39 is 0 Å². The molecule has 10 heteroatoms. The quantitative estimate of drug-likeness (QED) is 0.408. The molecule has 0 aromatic carbocycles. The fraction of sp³-hybridized carbons (Fsp3) is 0.0833. The van der Waals surface area contributed by atoms with Crippen LogP contribution in [0.4, 0.5) is 11.8 Å². The molecule has 3 heterocycles. The Morgan fingerprint density at radius 2 is 2.23 bits per heavy atom. The van der Waals surface area contributed by atoms with Gasteiger partial charge < -0.3 is 21.1 Å². The summed E-state index contributed by atoms with van der Waals surface area (Å²) in [6, 6.07) is 2.95. The summed E-state index contributed by atoms with van der Waals surface area (Å²) >= 11 is 1.21. The third-order valence-corrected chi connectivity index (χ3v) is 3.60. The number of carbonyl (C=O) groups is 1. The SMILES string of the molecule is Nc1nc(SCC(=O)Nc2ccc(O)cn2)c2[nH]cnc2n1. The lowest BCUT2D eigenvalue weighted by Gasteiger charge is -2.05. The maximum absolute atomic E-state index is 11.9. The molecule has 0 aliphatic carbocycles. The molecule has 112 valence electrons. The van der Waals surface area contributed by atoms with Crippen LogP contribution in [0, 0.1) is 0 Å². The largest absolute Gasteiger partial charge is 0.506 e. The number of nitrogens with zero attached hydrogens (tertiary/aromatic N) is 4. The summed E-state index contributed by atoms with van der Waals surface area (Å²) in [4.78, 5) is 30.8. The van der Waals surface area contributed by atoms with E-state index in [1.54, 1.807) is 0 Å². The standard InChI is InChI=1S/C12H11N7O2S/c13-12-18-10-9(15-5-16-10)11(19-12)22-4-8(21)17-7-2-1-6(20)3-14-7/h1-3,5,20H,4H2,(H,14,17,21)(H3,13,15,16,18,19). The van der Waals surface area contributed by atoms with Crippen LogP contribution in [0.2, 0.25) is 0 Å². The predicted molar refractivity (Wildman–Crippen MR) is 81.4 cm³/mol. The number of rotatable bonds is 4. The summed E-state index contributed by atoms with van der Waals surface area (Å²) in [6.07, 6.45) is 2.74. The smallest absolute Gasteiger partial charge is 0.235 e. The number of nitrogens with one attached hydrogen (secondary N) is 2. The topological polar surface area (TPSA) is 143 Å². The minimum Gasteiger partial charge on any atom is -0.506 e. The van der Waals surface area contributed by atoms with Gasteiger partial charge in [0.2, 0.25) is 11.9 Å². The number of H-pyrrole nitrogens is 1. The van der Waals surface area contributed by atoms with Gasteiger partial charge in [-0.2, -0.15) is 4.98 Å². The van der Waals surface area contributed by atoms with Crippen LogP contribution in [0.5, 0.6) is 5.75 Å². The third-order valence-electron chi connectivity index (χ3n) is 2.63. The predicted octanol–water partition coefficient (Wildman–Crippen LogP) is 0.767. The highest BCUT2D eigenvalue weighted by atomic mass is 32.2. The zero-order chi connectivity index (χ0) is 15.5. The average molecular weight is 317 g/mol. The van der Waals surface area contributed by atoms with Crippen molar-refractivity contribution >= 4 is 40.6 Å². The van der Waals surface area contributed by atoms with E-state index in [4.69, 9.17) is 10.8 Å². The molecule has 0 bridgehead atoms. The van der Waals surface area contributed by atoms with Crippen LogP contribution in [-0.4, -0.2) is 41.7 Å². The Hall–Kier alpha value is -2.88. The van der Waals surface area contributed by atoms with E-state index >= 15 is 0 Å². The van der Waals surface area contributed by atoms with Crippen molar-refractivity contribution < 1.29 is 9.90 Å². The van der Waals surface area contributed by atoms with Gasteiger partial charge in [-0.1, -0.05) is 11.8 Å². The van der Waals surface area contributed by atoms with Crippen molar-refractivity contribution in [3.63, 3.8) is 0 Å². The van der Waals surface area contributed by atoms with E-state index in [9.17, 15) is 4.79 Å². The van der Waals surface area contributed by atoms with E-state index in [1.165, 1.54) is 36.4 Å². The average Bonchev–Trinajstić information content (AvgIpc) is 2.95. The fourth-order valence-electron chi connectivity index (χ4n) is 1.70. The van der Waals surface area contributed by atoms with Gasteiger partial charge in [0.05, 0.1) is 18.3 Å². The molecule has 0 unspecified atom stereocenters. The molecular formula is C12H11N7O2S. The van der Waals surface area contributed by atoms with Crippen LogP contribution in [0.15, 0.2) is 29.7 Å². The van der Waals surface area contributed by atoms with Crippen molar-refractivity contribution in [2.75, 3.05) is 16.8 Å². The number of anilines is 2. The Morgan fingerprint density at radius 1 is 1.36 bits per heavy atom. The highest BCUT2D eigenvalue weighted by molar-refractivity contribution is 8.00. The number of thioether (sulfide) groups is 1. The lowest BCUT2D eigenvalue weighted by Crippen LogP contribution is -2.15. The molecule has 0 saturated heterocycles. The van der Waals surface area contributed by atoms with Gasteiger partial charge in [0.1, 0.15) is 22.1 Å². The monoisotopic (exact) mass is 317 g/mol. The maximum Gasteiger partial charge on any atom is 0.235 e. The van der Waals surface area contributed by atoms with Gasteiger partial charge in [-0.25, -0.2) is 15.0 Å². The molecule has 0 fully saturated rings. The number of pyridine rings is 1. The van der Waals surface area contributed by atoms with Gasteiger partial charge in [-0.15, -0.1) is 0 Å². The summed E-state index contributed by atoms with van der Waals surface area (Å²) in [6.45, 7) is 0. The first kappa shape index (κ1) is 14.1. The second-order valence-electron chi connectivity index (χ2n) is 4.23. The molecular weight excluding hydrogens is 306 g/mol. The second-order valence-corrected chi connectivity index (χ2v) is 5.19. The van der Waals surface area contributed by atoms with Crippen molar-refractivity contribution in [2.24, 2.45) is 0 Å². The summed E-state index contributed by atoms with van der Waals surface area (Å²) in [5, 5.41) is 12.3. The van der Waals surface area contributed by atoms with Crippen LogP contribution < -0.4 is 11.1 Å². The van der Waals surface area contributed by atoms with Gasteiger partial charge in [0.15, 0.2) is 5.65 Å². The second kappa shape index (κ2) is 5.85. The first-order chi connectivity index (χ1) is 10.6. The van der Waals surface area contributed by atoms with Gasteiger partial charge >= 0.3 is 0 Å². The molecule has 0 aliphatic heterocycles. The van der Waals surface area contributed by atoms with Crippen LogP contribution in [0.1, 0.15) is 0 Å².